The molecule has 8 heteroatoms. The van der Waals surface area contributed by atoms with E-state index >= 15 is 0 Å². The lowest BCUT2D eigenvalue weighted by molar-refractivity contribution is -0.129. The summed E-state index contributed by atoms with van der Waals surface area (Å²) in [6.07, 6.45) is 1.46. The summed E-state index contributed by atoms with van der Waals surface area (Å²) < 4.78 is 5.33. The third-order valence-corrected chi connectivity index (χ3v) is 5.31. The Morgan fingerprint density at radius 3 is 2.78 bits per heavy atom. The third kappa shape index (κ3) is 3.09. The molecule has 2 amide bonds. The van der Waals surface area contributed by atoms with Crippen LogP contribution >= 0.6 is 11.3 Å². The van der Waals surface area contributed by atoms with E-state index in [1.807, 2.05) is 0 Å². The minimum atomic E-state index is -1.05. The number of hydrogen-bond donors (Lipinski definition) is 2. The van der Waals surface area contributed by atoms with Crippen molar-refractivity contribution in [1.82, 2.24) is 4.90 Å². The van der Waals surface area contributed by atoms with Gasteiger partial charge in [0, 0.05) is 25.0 Å². The number of ether oxygens (including phenoxy) is 1. The summed E-state index contributed by atoms with van der Waals surface area (Å²) in [5, 5.41) is 12.6. The summed E-state index contributed by atoms with van der Waals surface area (Å²) in [6.45, 7) is 2.94. The van der Waals surface area contributed by atoms with Crippen LogP contribution in [-0.2, 0) is 27.3 Å². The monoisotopic (exact) mass is 338 g/mol. The second-order valence-corrected chi connectivity index (χ2v) is 6.80. The zero-order valence-corrected chi connectivity index (χ0v) is 13.6. The van der Waals surface area contributed by atoms with E-state index < -0.39 is 12.1 Å². The van der Waals surface area contributed by atoms with Crippen LogP contribution in [0.5, 0.6) is 0 Å². The highest BCUT2D eigenvalue weighted by Crippen LogP contribution is 2.37. The molecule has 1 atom stereocenters. The lowest BCUT2D eigenvalue weighted by atomic mass is 10.0. The molecule has 0 saturated carbocycles. The van der Waals surface area contributed by atoms with E-state index in [-0.39, 0.29) is 17.4 Å². The van der Waals surface area contributed by atoms with Gasteiger partial charge in [-0.1, -0.05) is 0 Å². The first-order valence-corrected chi connectivity index (χ1v) is 8.35. The Kier molecular flexibility index (Phi) is 4.36. The first-order chi connectivity index (χ1) is 11.0. The number of carbonyl (C=O) groups is 3. The number of aromatic carboxylic acids is 1. The number of rotatable bonds is 3. The molecule has 7 nitrogen and oxygen atoms in total. The molecular weight excluding hydrogens is 320 g/mol. The smallest absolute Gasteiger partial charge is 0.339 e. The Bertz CT molecular complexity index is 663. The Balaban J connectivity index is 1.87. The van der Waals surface area contributed by atoms with Gasteiger partial charge in [0.05, 0.1) is 12.1 Å². The quantitative estimate of drug-likeness (QED) is 0.870. The molecule has 1 aromatic rings. The van der Waals surface area contributed by atoms with Crippen molar-refractivity contribution >= 4 is 34.1 Å². The van der Waals surface area contributed by atoms with E-state index in [1.165, 1.54) is 18.3 Å². The standard InChI is InChI=1S/C15H18N2O5S/c1-8(18)17-5-4-9-11(7-17)23-14(12(9)15(20)21)16-13(19)10-3-2-6-22-10/h10H,2-7H2,1H3,(H,16,19)(H,20,21). The van der Waals surface area contributed by atoms with Crippen LogP contribution in [0.2, 0.25) is 0 Å². The van der Waals surface area contributed by atoms with Gasteiger partial charge in [-0.05, 0) is 24.8 Å². The largest absolute Gasteiger partial charge is 0.478 e. The maximum atomic E-state index is 12.2. The average molecular weight is 338 g/mol. The maximum Gasteiger partial charge on any atom is 0.339 e. The van der Waals surface area contributed by atoms with Crippen LogP contribution in [0.1, 0.15) is 40.6 Å². The van der Waals surface area contributed by atoms with Crippen molar-refractivity contribution in [2.45, 2.75) is 38.8 Å². The molecule has 2 aliphatic heterocycles. The van der Waals surface area contributed by atoms with E-state index in [0.717, 1.165) is 16.9 Å². The van der Waals surface area contributed by atoms with E-state index in [9.17, 15) is 19.5 Å². The number of anilines is 1. The Morgan fingerprint density at radius 1 is 1.39 bits per heavy atom. The molecule has 2 N–H and O–H groups in total. The van der Waals surface area contributed by atoms with Crippen molar-refractivity contribution < 1.29 is 24.2 Å². The Hall–Kier alpha value is -1.93. The van der Waals surface area contributed by atoms with Crippen LogP contribution in [0.15, 0.2) is 0 Å². The lowest BCUT2D eigenvalue weighted by Crippen LogP contribution is -2.33. The van der Waals surface area contributed by atoms with Gasteiger partial charge in [-0.25, -0.2) is 4.79 Å². The summed E-state index contributed by atoms with van der Waals surface area (Å²) in [5.74, 6) is -1.39. The minimum Gasteiger partial charge on any atom is -0.478 e. The number of amides is 2. The van der Waals surface area contributed by atoms with Gasteiger partial charge in [0.1, 0.15) is 11.1 Å². The molecule has 3 heterocycles. The van der Waals surface area contributed by atoms with Crippen LogP contribution in [0, 0.1) is 0 Å². The fourth-order valence-corrected chi connectivity index (χ4v) is 4.22. The zero-order valence-electron chi connectivity index (χ0n) is 12.8. The van der Waals surface area contributed by atoms with Gasteiger partial charge in [-0.15, -0.1) is 11.3 Å². The minimum absolute atomic E-state index is 0.0362. The fourth-order valence-electron chi connectivity index (χ4n) is 2.96. The van der Waals surface area contributed by atoms with Crippen LogP contribution in [-0.4, -0.2) is 47.0 Å². The molecule has 0 aromatic carbocycles. The number of nitrogens with one attached hydrogen (secondary N) is 1. The van der Waals surface area contributed by atoms with Crippen molar-refractivity contribution in [2.24, 2.45) is 0 Å². The van der Waals surface area contributed by atoms with Crippen LogP contribution in [0.25, 0.3) is 0 Å². The highest BCUT2D eigenvalue weighted by atomic mass is 32.1. The number of carbonyl (C=O) groups excluding carboxylic acids is 2. The number of hydrogen-bond acceptors (Lipinski definition) is 5. The molecule has 124 valence electrons. The third-order valence-electron chi connectivity index (χ3n) is 4.17. The molecule has 1 aromatic heterocycles. The molecule has 0 spiro atoms. The van der Waals surface area contributed by atoms with Crippen LogP contribution in [0.3, 0.4) is 0 Å². The topological polar surface area (TPSA) is 95.9 Å². The van der Waals surface area contributed by atoms with Crippen LogP contribution < -0.4 is 5.32 Å². The second kappa shape index (κ2) is 6.29. The van der Waals surface area contributed by atoms with Gasteiger partial charge in [0.15, 0.2) is 0 Å². The van der Waals surface area contributed by atoms with E-state index in [1.54, 1.807) is 4.90 Å². The molecule has 1 fully saturated rings. The summed E-state index contributed by atoms with van der Waals surface area (Å²) >= 11 is 1.24. The first kappa shape index (κ1) is 15.9. The van der Waals surface area contributed by atoms with Crippen molar-refractivity contribution in [3.63, 3.8) is 0 Å². The van der Waals surface area contributed by atoms with Gasteiger partial charge >= 0.3 is 5.97 Å². The number of fused-ring (bicyclic) bond motifs is 1. The lowest BCUT2D eigenvalue weighted by Gasteiger charge is -2.25. The molecule has 0 radical (unpaired) electrons. The highest BCUT2D eigenvalue weighted by Gasteiger charge is 2.31. The number of thiophene rings is 1. The normalized spacial score (nSPS) is 20.2. The summed E-state index contributed by atoms with van der Waals surface area (Å²) in [4.78, 5) is 37.8. The van der Waals surface area contributed by atoms with Crippen molar-refractivity contribution in [3.8, 4) is 0 Å². The Labute approximate surface area is 137 Å². The number of carboxylic acid groups (broad SMARTS) is 1. The van der Waals surface area contributed by atoms with E-state index in [2.05, 4.69) is 5.32 Å². The first-order valence-electron chi connectivity index (χ1n) is 7.53. The van der Waals surface area contributed by atoms with Gasteiger partial charge in [0.25, 0.3) is 5.91 Å². The van der Waals surface area contributed by atoms with Crippen molar-refractivity contribution in [2.75, 3.05) is 18.5 Å². The Morgan fingerprint density at radius 2 is 2.17 bits per heavy atom. The molecule has 2 aliphatic rings. The van der Waals surface area contributed by atoms with E-state index in [4.69, 9.17) is 4.74 Å². The maximum absolute atomic E-state index is 12.2. The molecule has 3 rings (SSSR count). The second-order valence-electron chi connectivity index (χ2n) is 5.69. The molecule has 0 bridgehead atoms. The molecule has 1 saturated heterocycles. The van der Waals surface area contributed by atoms with Crippen molar-refractivity contribution in [1.29, 1.82) is 0 Å². The fraction of sp³-hybridized carbons (Fsp3) is 0.533. The summed E-state index contributed by atoms with van der Waals surface area (Å²) in [6, 6.07) is 0. The predicted octanol–water partition coefficient (Wildman–Crippen LogP) is 1.47. The SMILES string of the molecule is CC(=O)N1CCc2c(sc(NC(=O)C3CCCO3)c2C(=O)O)C1. The molecule has 0 aliphatic carbocycles. The van der Waals surface area contributed by atoms with Crippen molar-refractivity contribution in [3.05, 3.63) is 16.0 Å². The van der Waals surface area contributed by atoms with Crippen LogP contribution in [0.4, 0.5) is 5.00 Å². The summed E-state index contributed by atoms with van der Waals surface area (Å²) in [7, 11) is 0. The van der Waals surface area contributed by atoms with Gasteiger partial charge < -0.3 is 20.1 Å². The van der Waals surface area contributed by atoms with Gasteiger partial charge in [-0.2, -0.15) is 0 Å². The molecule has 1 unspecified atom stereocenters. The summed E-state index contributed by atoms with van der Waals surface area (Å²) in [5.41, 5.74) is 0.877. The highest BCUT2D eigenvalue weighted by molar-refractivity contribution is 7.17. The average Bonchev–Trinajstić information content (AvgIpc) is 3.13. The van der Waals surface area contributed by atoms with Gasteiger partial charge in [-0.3, -0.25) is 9.59 Å². The van der Waals surface area contributed by atoms with E-state index in [0.29, 0.717) is 37.5 Å². The number of carboxylic acids is 1. The number of nitrogens with zero attached hydrogens (tertiary/aromatic N) is 1. The zero-order chi connectivity index (χ0) is 16.6. The predicted molar refractivity (Wildman–Crippen MR) is 83.7 cm³/mol. The van der Waals surface area contributed by atoms with Gasteiger partial charge in [0.2, 0.25) is 5.91 Å². The molecule has 23 heavy (non-hydrogen) atoms. The molecular formula is C15H18N2O5S.